The minimum atomic E-state index is -4.69. The van der Waals surface area contributed by atoms with Crippen LogP contribution in [-0.4, -0.2) is 35.6 Å². The van der Waals surface area contributed by atoms with Crippen LogP contribution in [0.25, 0.3) is 0 Å². The van der Waals surface area contributed by atoms with Crippen molar-refractivity contribution in [2.24, 2.45) is 0 Å². The highest BCUT2D eigenvalue weighted by atomic mass is 19.4. The molecule has 0 spiro atoms. The third-order valence-electron chi connectivity index (χ3n) is 1.58. The third-order valence-corrected chi connectivity index (χ3v) is 1.58. The van der Waals surface area contributed by atoms with E-state index in [0.29, 0.717) is 0 Å². The van der Waals surface area contributed by atoms with Crippen LogP contribution in [0.5, 0.6) is 5.88 Å². The van der Waals surface area contributed by atoms with Gasteiger partial charge in [-0.2, -0.15) is 0 Å². The van der Waals surface area contributed by atoms with E-state index >= 15 is 0 Å². The Labute approximate surface area is 93.8 Å². The summed E-state index contributed by atoms with van der Waals surface area (Å²) >= 11 is 0. The number of aromatic carboxylic acids is 1. The molecule has 0 amide bonds. The molecule has 5 nitrogen and oxygen atoms in total. The summed E-state index contributed by atoms with van der Waals surface area (Å²) in [4.78, 5) is 14.1. The lowest BCUT2D eigenvalue weighted by Gasteiger charge is -2.08. The molecule has 1 heterocycles. The lowest BCUT2D eigenvalue weighted by Crippen LogP contribution is -2.18. The molecule has 0 fully saturated rings. The van der Waals surface area contributed by atoms with E-state index in [1.54, 1.807) is 0 Å². The second kappa shape index (κ2) is 5.48. The number of hydrogen-bond acceptors (Lipinski definition) is 4. The smallest absolute Gasteiger partial charge is 0.478 e. The Bertz CT molecular complexity index is 377. The molecule has 0 aromatic carbocycles. The maximum absolute atomic E-state index is 11.6. The van der Waals surface area contributed by atoms with Crippen molar-refractivity contribution in [1.82, 2.24) is 4.98 Å². The molecule has 0 saturated heterocycles. The third kappa shape index (κ3) is 5.16. The number of carbonyl (C=O) groups is 1. The van der Waals surface area contributed by atoms with Crippen molar-refractivity contribution in [3.8, 4) is 5.88 Å². The number of rotatable bonds is 5. The first-order valence-corrected chi connectivity index (χ1v) is 4.41. The fourth-order valence-corrected chi connectivity index (χ4v) is 0.896. The predicted octanol–water partition coefficient (Wildman–Crippen LogP) is 1.69. The van der Waals surface area contributed by atoms with Gasteiger partial charge in [0, 0.05) is 12.3 Å². The van der Waals surface area contributed by atoms with Gasteiger partial charge in [-0.3, -0.25) is 4.74 Å². The van der Waals surface area contributed by atoms with Crippen LogP contribution >= 0.6 is 0 Å². The molecule has 0 saturated carbocycles. The Hall–Kier alpha value is -1.83. The normalized spacial score (nSPS) is 11.2. The minimum Gasteiger partial charge on any atom is -0.478 e. The average molecular weight is 251 g/mol. The summed E-state index contributed by atoms with van der Waals surface area (Å²) in [5.41, 5.74) is -0.0381. The molecule has 0 aliphatic carbocycles. The van der Waals surface area contributed by atoms with Gasteiger partial charge in [0.1, 0.15) is 6.61 Å². The fourth-order valence-electron chi connectivity index (χ4n) is 0.896. The highest BCUT2D eigenvalue weighted by Crippen LogP contribution is 2.15. The number of hydrogen-bond donors (Lipinski definition) is 1. The highest BCUT2D eigenvalue weighted by molar-refractivity contribution is 5.87. The summed E-state index contributed by atoms with van der Waals surface area (Å²) < 4.78 is 43.0. The molecule has 0 bridgehead atoms. The predicted molar refractivity (Wildman–Crippen MR) is 48.7 cm³/mol. The lowest BCUT2D eigenvalue weighted by atomic mass is 10.3. The molecule has 0 aliphatic rings. The molecule has 1 N–H and O–H groups in total. The van der Waals surface area contributed by atoms with Crippen molar-refractivity contribution < 1.29 is 32.5 Å². The number of carboxylic acids is 1. The van der Waals surface area contributed by atoms with E-state index in [9.17, 15) is 18.0 Å². The summed E-state index contributed by atoms with van der Waals surface area (Å²) in [5, 5.41) is 8.55. The van der Waals surface area contributed by atoms with Gasteiger partial charge < -0.3 is 9.84 Å². The maximum atomic E-state index is 11.6. The second-order valence-electron chi connectivity index (χ2n) is 2.83. The highest BCUT2D eigenvalue weighted by Gasteiger charge is 2.28. The molecule has 0 aliphatic heterocycles. The van der Waals surface area contributed by atoms with Gasteiger partial charge in [0.25, 0.3) is 0 Å². The number of pyridine rings is 1. The summed E-state index contributed by atoms with van der Waals surface area (Å²) in [6.07, 6.45) is -3.65. The van der Waals surface area contributed by atoms with Crippen molar-refractivity contribution in [1.29, 1.82) is 0 Å². The fraction of sp³-hybridized carbons (Fsp3) is 0.333. The Morgan fingerprint density at radius 2 is 2.06 bits per heavy atom. The standard InChI is InChI=1S/C9H8F3NO4/c10-9(11,12)17-4-3-16-7-2-1-6(5-13-7)8(14)15/h1-2,5H,3-4H2,(H,14,15). The largest absolute Gasteiger partial charge is 0.522 e. The van der Waals surface area contributed by atoms with Gasteiger partial charge >= 0.3 is 12.3 Å². The van der Waals surface area contributed by atoms with Crippen LogP contribution < -0.4 is 4.74 Å². The van der Waals surface area contributed by atoms with Crippen molar-refractivity contribution in [3.05, 3.63) is 23.9 Å². The lowest BCUT2D eigenvalue weighted by molar-refractivity contribution is -0.325. The second-order valence-corrected chi connectivity index (χ2v) is 2.83. The summed E-state index contributed by atoms with van der Waals surface area (Å²) in [7, 11) is 0. The molecule has 0 atom stereocenters. The van der Waals surface area contributed by atoms with Crippen molar-refractivity contribution in [3.63, 3.8) is 0 Å². The Kier molecular flexibility index (Phi) is 4.27. The molecule has 1 aromatic rings. The number of carboxylic acid groups (broad SMARTS) is 1. The summed E-state index contributed by atoms with van der Waals surface area (Å²) in [5.74, 6) is -1.12. The van der Waals surface area contributed by atoms with Crippen LogP contribution in [0.15, 0.2) is 18.3 Å². The molecule has 0 radical (unpaired) electrons. The van der Waals surface area contributed by atoms with Crippen molar-refractivity contribution in [2.75, 3.05) is 13.2 Å². The van der Waals surface area contributed by atoms with E-state index in [0.717, 1.165) is 6.20 Å². The SMILES string of the molecule is O=C(O)c1ccc(OCCOC(F)(F)F)nc1. The van der Waals surface area contributed by atoms with E-state index in [-0.39, 0.29) is 18.1 Å². The number of nitrogens with zero attached hydrogens (tertiary/aromatic N) is 1. The quantitative estimate of drug-likeness (QED) is 0.806. The number of aromatic nitrogens is 1. The van der Waals surface area contributed by atoms with E-state index in [4.69, 9.17) is 9.84 Å². The first-order chi connectivity index (χ1) is 7.88. The first kappa shape index (κ1) is 13.2. The van der Waals surface area contributed by atoms with E-state index in [1.807, 2.05) is 0 Å². The number of halogens is 3. The molecule has 17 heavy (non-hydrogen) atoms. The molecule has 1 aromatic heterocycles. The van der Waals surface area contributed by atoms with Crippen LogP contribution in [-0.2, 0) is 4.74 Å². The van der Waals surface area contributed by atoms with Gasteiger partial charge in [-0.15, -0.1) is 13.2 Å². The zero-order valence-corrected chi connectivity index (χ0v) is 8.40. The molecular weight excluding hydrogens is 243 g/mol. The van der Waals surface area contributed by atoms with Gasteiger partial charge in [0.05, 0.1) is 12.2 Å². The minimum absolute atomic E-state index is 0.0285. The zero-order chi connectivity index (χ0) is 12.9. The Balaban J connectivity index is 2.35. The Morgan fingerprint density at radius 1 is 1.35 bits per heavy atom. The molecular formula is C9H8F3NO4. The van der Waals surface area contributed by atoms with E-state index in [2.05, 4.69) is 9.72 Å². The van der Waals surface area contributed by atoms with Crippen LogP contribution in [0.3, 0.4) is 0 Å². The van der Waals surface area contributed by atoms with Gasteiger partial charge in [-0.1, -0.05) is 0 Å². The topological polar surface area (TPSA) is 68.7 Å². The average Bonchev–Trinajstić information content (AvgIpc) is 2.24. The van der Waals surface area contributed by atoms with Crippen molar-refractivity contribution >= 4 is 5.97 Å². The molecule has 8 heteroatoms. The van der Waals surface area contributed by atoms with Gasteiger partial charge in [0.15, 0.2) is 0 Å². The van der Waals surface area contributed by atoms with Gasteiger partial charge in [0.2, 0.25) is 5.88 Å². The maximum Gasteiger partial charge on any atom is 0.522 e. The van der Waals surface area contributed by atoms with E-state index in [1.165, 1.54) is 12.1 Å². The van der Waals surface area contributed by atoms with Gasteiger partial charge in [-0.05, 0) is 6.07 Å². The number of alkyl halides is 3. The van der Waals surface area contributed by atoms with Crippen molar-refractivity contribution in [2.45, 2.75) is 6.36 Å². The summed E-state index contributed by atoms with van der Waals surface area (Å²) in [6.45, 7) is -0.995. The van der Waals surface area contributed by atoms with Crippen LogP contribution in [0.1, 0.15) is 10.4 Å². The monoisotopic (exact) mass is 251 g/mol. The van der Waals surface area contributed by atoms with E-state index < -0.39 is 18.9 Å². The van der Waals surface area contributed by atoms with Crippen LogP contribution in [0.4, 0.5) is 13.2 Å². The molecule has 0 unspecified atom stereocenters. The van der Waals surface area contributed by atoms with Gasteiger partial charge in [-0.25, -0.2) is 9.78 Å². The molecule has 1 rings (SSSR count). The molecule has 94 valence electrons. The Morgan fingerprint density at radius 3 is 2.53 bits per heavy atom. The first-order valence-electron chi connectivity index (χ1n) is 4.41. The number of ether oxygens (including phenoxy) is 2. The zero-order valence-electron chi connectivity index (χ0n) is 8.40. The summed E-state index contributed by atoms with van der Waals surface area (Å²) in [6, 6.07) is 2.48. The van der Waals surface area contributed by atoms with Crippen LogP contribution in [0.2, 0.25) is 0 Å². The van der Waals surface area contributed by atoms with Crippen LogP contribution in [0, 0.1) is 0 Å².